The van der Waals surface area contributed by atoms with E-state index in [0.717, 1.165) is 27.7 Å². The van der Waals surface area contributed by atoms with Gasteiger partial charge in [-0.15, -0.1) is 0 Å². The minimum atomic E-state index is -0.274. The molecule has 116 valence electrons. The molecule has 23 heavy (non-hydrogen) atoms. The Morgan fingerprint density at radius 2 is 1.65 bits per heavy atom. The van der Waals surface area contributed by atoms with Gasteiger partial charge < -0.3 is 9.88 Å². The van der Waals surface area contributed by atoms with Gasteiger partial charge in [-0.3, -0.25) is 9.59 Å². The van der Waals surface area contributed by atoms with Gasteiger partial charge in [-0.05, 0) is 43.2 Å². The molecule has 0 fully saturated rings. The summed E-state index contributed by atoms with van der Waals surface area (Å²) in [4.78, 5) is 24.8. The lowest BCUT2D eigenvalue weighted by Gasteiger charge is -2.11. The second-order valence-corrected chi connectivity index (χ2v) is 5.80. The Labute approximate surface area is 134 Å². The van der Waals surface area contributed by atoms with Crippen LogP contribution in [0.1, 0.15) is 21.5 Å². The molecule has 4 nitrogen and oxygen atoms in total. The molecule has 4 heteroatoms. The summed E-state index contributed by atoms with van der Waals surface area (Å²) in [6.45, 7) is 3.96. The van der Waals surface area contributed by atoms with Crippen molar-refractivity contribution in [1.29, 1.82) is 0 Å². The van der Waals surface area contributed by atoms with Crippen LogP contribution in [0.5, 0.6) is 0 Å². The van der Waals surface area contributed by atoms with Crippen LogP contribution in [0.25, 0.3) is 10.9 Å². The van der Waals surface area contributed by atoms with Crippen molar-refractivity contribution in [2.24, 2.45) is 7.05 Å². The zero-order valence-electron chi connectivity index (χ0n) is 13.4. The molecule has 0 spiro atoms. The Balaban J connectivity index is 2.08. The van der Waals surface area contributed by atoms with E-state index in [9.17, 15) is 9.59 Å². The van der Waals surface area contributed by atoms with Crippen molar-refractivity contribution in [3.8, 4) is 0 Å². The maximum Gasteiger partial charge on any atom is 0.256 e. The first-order chi connectivity index (χ1) is 11.0. The Morgan fingerprint density at radius 1 is 1.00 bits per heavy atom. The number of para-hydroxylation sites is 1. The first-order valence-electron chi connectivity index (χ1n) is 7.44. The summed E-state index contributed by atoms with van der Waals surface area (Å²) in [6, 6.07) is 14.7. The van der Waals surface area contributed by atoms with Crippen LogP contribution in [0.4, 0.5) is 5.69 Å². The van der Waals surface area contributed by atoms with Crippen LogP contribution < -0.4 is 10.9 Å². The first-order valence-corrected chi connectivity index (χ1v) is 7.44. The molecule has 0 aliphatic carbocycles. The molecule has 1 heterocycles. The molecule has 0 aliphatic rings. The van der Waals surface area contributed by atoms with E-state index in [1.807, 2.05) is 56.3 Å². The lowest BCUT2D eigenvalue weighted by Crippen LogP contribution is -2.21. The van der Waals surface area contributed by atoms with Crippen LogP contribution in [0.3, 0.4) is 0 Å². The standard InChI is InChI=1S/C19H18N2O2/c1-12-8-13(2)10-14(9-12)20-19(23)16-11-18(22)21(3)17-7-5-4-6-15(16)17/h4-11H,1-3H3,(H,20,23). The second kappa shape index (κ2) is 5.72. The molecule has 0 saturated heterocycles. The lowest BCUT2D eigenvalue weighted by molar-refractivity contribution is 0.102. The average Bonchev–Trinajstić information content (AvgIpc) is 2.49. The topological polar surface area (TPSA) is 51.1 Å². The van der Waals surface area contributed by atoms with Gasteiger partial charge in [-0.25, -0.2) is 0 Å². The van der Waals surface area contributed by atoms with Crippen LogP contribution in [-0.4, -0.2) is 10.5 Å². The molecule has 1 N–H and O–H groups in total. The number of pyridine rings is 1. The van der Waals surface area contributed by atoms with Crippen LogP contribution >= 0.6 is 0 Å². The third-order valence-corrected chi connectivity index (χ3v) is 3.88. The third kappa shape index (κ3) is 2.88. The maximum atomic E-state index is 12.7. The van der Waals surface area contributed by atoms with Crippen molar-refractivity contribution in [3.63, 3.8) is 0 Å². The van der Waals surface area contributed by atoms with E-state index in [4.69, 9.17) is 0 Å². The number of nitrogens with one attached hydrogen (secondary N) is 1. The largest absolute Gasteiger partial charge is 0.322 e. The van der Waals surface area contributed by atoms with Crippen LogP contribution in [-0.2, 0) is 7.05 Å². The summed E-state index contributed by atoms with van der Waals surface area (Å²) < 4.78 is 1.54. The summed E-state index contributed by atoms with van der Waals surface area (Å²) in [6.07, 6.45) is 0. The lowest BCUT2D eigenvalue weighted by atomic mass is 10.1. The number of hydrogen-bond acceptors (Lipinski definition) is 2. The van der Waals surface area contributed by atoms with E-state index in [0.29, 0.717) is 5.56 Å². The van der Waals surface area contributed by atoms with Crippen molar-refractivity contribution in [2.75, 3.05) is 5.32 Å². The van der Waals surface area contributed by atoms with Crippen LogP contribution in [0.2, 0.25) is 0 Å². The molecule has 1 amide bonds. The normalized spacial score (nSPS) is 10.7. The average molecular weight is 306 g/mol. The van der Waals surface area contributed by atoms with E-state index in [-0.39, 0.29) is 11.5 Å². The van der Waals surface area contributed by atoms with Gasteiger partial charge in [0.2, 0.25) is 0 Å². The van der Waals surface area contributed by atoms with Crippen molar-refractivity contribution >= 4 is 22.5 Å². The second-order valence-electron chi connectivity index (χ2n) is 5.80. The molecule has 0 radical (unpaired) electrons. The van der Waals surface area contributed by atoms with E-state index in [1.165, 1.54) is 6.07 Å². The fourth-order valence-corrected chi connectivity index (χ4v) is 2.84. The molecular weight excluding hydrogens is 288 g/mol. The summed E-state index contributed by atoms with van der Waals surface area (Å²) in [7, 11) is 1.70. The number of carbonyl (C=O) groups excluding carboxylic acids is 1. The highest BCUT2D eigenvalue weighted by atomic mass is 16.2. The fraction of sp³-hybridized carbons (Fsp3) is 0.158. The zero-order valence-corrected chi connectivity index (χ0v) is 13.4. The summed E-state index contributed by atoms with van der Waals surface area (Å²) in [5, 5.41) is 3.65. The molecule has 2 aromatic carbocycles. The number of nitrogens with zero attached hydrogens (tertiary/aromatic N) is 1. The highest BCUT2D eigenvalue weighted by Crippen LogP contribution is 2.19. The van der Waals surface area contributed by atoms with E-state index in [1.54, 1.807) is 11.6 Å². The quantitative estimate of drug-likeness (QED) is 0.789. The van der Waals surface area contributed by atoms with E-state index >= 15 is 0 Å². The highest BCUT2D eigenvalue weighted by Gasteiger charge is 2.13. The van der Waals surface area contributed by atoms with Gasteiger partial charge in [-0.2, -0.15) is 0 Å². The van der Waals surface area contributed by atoms with Crippen molar-refractivity contribution in [1.82, 2.24) is 4.57 Å². The molecule has 0 aliphatic heterocycles. The van der Waals surface area contributed by atoms with Crippen LogP contribution in [0.15, 0.2) is 53.3 Å². The Bertz CT molecular complexity index is 951. The van der Waals surface area contributed by atoms with E-state index in [2.05, 4.69) is 5.32 Å². The minimum Gasteiger partial charge on any atom is -0.322 e. The minimum absolute atomic E-state index is 0.200. The van der Waals surface area contributed by atoms with Gasteiger partial charge in [0.05, 0.1) is 11.1 Å². The third-order valence-electron chi connectivity index (χ3n) is 3.88. The number of rotatable bonds is 2. The van der Waals surface area contributed by atoms with Gasteiger partial charge in [-0.1, -0.05) is 24.3 Å². The molecule has 3 aromatic rings. The van der Waals surface area contributed by atoms with Gasteiger partial charge in [0, 0.05) is 24.2 Å². The monoisotopic (exact) mass is 306 g/mol. The number of amides is 1. The number of fused-ring (bicyclic) bond motifs is 1. The Kier molecular flexibility index (Phi) is 3.74. The first kappa shape index (κ1) is 15.0. The number of benzene rings is 2. The Morgan fingerprint density at radius 3 is 2.35 bits per heavy atom. The molecular formula is C19H18N2O2. The number of aromatic nitrogens is 1. The van der Waals surface area contributed by atoms with Crippen molar-refractivity contribution < 1.29 is 4.79 Å². The molecule has 0 saturated carbocycles. The zero-order chi connectivity index (χ0) is 16.6. The van der Waals surface area contributed by atoms with Gasteiger partial charge >= 0.3 is 0 Å². The van der Waals surface area contributed by atoms with Gasteiger partial charge in [0.15, 0.2) is 0 Å². The number of anilines is 1. The molecule has 3 rings (SSSR count). The van der Waals surface area contributed by atoms with E-state index < -0.39 is 0 Å². The summed E-state index contributed by atoms with van der Waals surface area (Å²) >= 11 is 0. The van der Waals surface area contributed by atoms with Crippen LogP contribution in [0, 0.1) is 13.8 Å². The van der Waals surface area contributed by atoms with Gasteiger partial charge in [0.25, 0.3) is 11.5 Å². The summed E-state index contributed by atoms with van der Waals surface area (Å²) in [5.41, 5.74) is 3.82. The fourth-order valence-electron chi connectivity index (χ4n) is 2.84. The Hall–Kier alpha value is -2.88. The number of carbonyl (C=O) groups is 1. The predicted molar refractivity (Wildman–Crippen MR) is 93.1 cm³/mol. The van der Waals surface area contributed by atoms with Gasteiger partial charge in [0.1, 0.15) is 0 Å². The smallest absolute Gasteiger partial charge is 0.256 e. The number of aryl methyl sites for hydroxylation is 3. The molecule has 0 unspecified atom stereocenters. The molecule has 1 aromatic heterocycles. The SMILES string of the molecule is Cc1cc(C)cc(NC(=O)c2cc(=O)n(C)c3ccccc23)c1. The number of hydrogen-bond donors (Lipinski definition) is 1. The van der Waals surface area contributed by atoms with Crippen molar-refractivity contribution in [3.05, 3.63) is 75.6 Å². The predicted octanol–water partition coefficient (Wildman–Crippen LogP) is 3.41. The van der Waals surface area contributed by atoms with Crippen molar-refractivity contribution in [2.45, 2.75) is 13.8 Å². The summed E-state index contributed by atoms with van der Waals surface area (Å²) in [5.74, 6) is -0.274. The maximum absolute atomic E-state index is 12.7. The molecule has 0 bridgehead atoms. The highest BCUT2D eigenvalue weighted by molar-refractivity contribution is 6.12. The molecule has 0 atom stereocenters.